The van der Waals surface area contributed by atoms with Gasteiger partial charge in [-0.2, -0.15) is 0 Å². The van der Waals surface area contributed by atoms with Crippen LogP contribution in [-0.2, 0) is 6.42 Å². The fourth-order valence-corrected chi connectivity index (χ4v) is 3.48. The number of H-pyrrole nitrogens is 2. The summed E-state index contributed by atoms with van der Waals surface area (Å²) >= 11 is 0. The Hall–Kier alpha value is -3.28. The summed E-state index contributed by atoms with van der Waals surface area (Å²) in [5.74, 6) is 1.53. The van der Waals surface area contributed by atoms with Gasteiger partial charge in [-0.3, -0.25) is 4.79 Å². The van der Waals surface area contributed by atoms with Crippen molar-refractivity contribution >= 4 is 27.8 Å². The molecule has 4 aromatic rings. The van der Waals surface area contributed by atoms with E-state index < -0.39 is 0 Å². The van der Waals surface area contributed by atoms with Gasteiger partial charge < -0.3 is 20.0 Å². The molecule has 0 aliphatic rings. The van der Waals surface area contributed by atoms with Gasteiger partial charge in [0.25, 0.3) is 5.91 Å². The number of ether oxygens (including phenoxy) is 1. The van der Waals surface area contributed by atoms with E-state index in [4.69, 9.17) is 4.74 Å². The number of nitrogens with zero attached hydrogens (tertiary/aromatic N) is 1. The summed E-state index contributed by atoms with van der Waals surface area (Å²) in [5, 5.41) is 3.98. The van der Waals surface area contributed by atoms with Crippen molar-refractivity contribution in [2.24, 2.45) is 0 Å². The number of imidazole rings is 1. The number of aromatic amines is 2. The van der Waals surface area contributed by atoms with Gasteiger partial charge in [-0.05, 0) is 67.8 Å². The van der Waals surface area contributed by atoms with Crippen LogP contribution in [0.3, 0.4) is 0 Å². The van der Waals surface area contributed by atoms with E-state index in [0.717, 1.165) is 39.1 Å². The highest BCUT2D eigenvalue weighted by Crippen LogP contribution is 2.26. The van der Waals surface area contributed by atoms with E-state index in [1.54, 1.807) is 7.11 Å². The molecular weight excluding hydrogens is 352 g/mol. The molecule has 2 heterocycles. The molecule has 0 radical (unpaired) electrons. The topological polar surface area (TPSA) is 82.8 Å². The van der Waals surface area contributed by atoms with Crippen LogP contribution in [0.2, 0.25) is 0 Å². The predicted molar refractivity (Wildman–Crippen MR) is 111 cm³/mol. The molecule has 0 saturated carbocycles. The average molecular weight is 376 g/mol. The van der Waals surface area contributed by atoms with Crippen molar-refractivity contribution in [3.8, 4) is 5.75 Å². The normalized spacial score (nSPS) is 11.3. The molecule has 28 heavy (non-hydrogen) atoms. The fraction of sp³-hybridized carbons (Fsp3) is 0.273. The standard InChI is InChI=1S/C22H24N4O2/c1-12-9-18-19(10-13(12)2)25-20(24-18)7-8-23-22(27)21-14(3)16-11-15(28-4)5-6-17(16)26-21/h5-6,9-11,26H,7-8H2,1-4H3,(H,23,27)(H,24,25). The zero-order chi connectivity index (χ0) is 19.8. The Labute approximate surface area is 163 Å². The first-order valence-electron chi connectivity index (χ1n) is 9.36. The molecule has 0 atom stereocenters. The van der Waals surface area contributed by atoms with Crippen LogP contribution >= 0.6 is 0 Å². The Morgan fingerprint density at radius 1 is 1.07 bits per heavy atom. The van der Waals surface area contributed by atoms with Crippen LogP contribution < -0.4 is 10.1 Å². The van der Waals surface area contributed by atoms with Gasteiger partial charge in [-0.25, -0.2) is 4.98 Å². The van der Waals surface area contributed by atoms with Crippen LogP contribution in [0.25, 0.3) is 21.9 Å². The lowest BCUT2D eigenvalue weighted by Crippen LogP contribution is -2.26. The van der Waals surface area contributed by atoms with Crippen LogP contribution in [-0.4, -0.2) is 34.5 Å². The summed E-state index contributed by atoms with van der Waals surface area (Å²) in [7, 11) is 1.64. The molecule has 2 aromatic heterocycles. The first-order valence-corrected chi connectivity index (χ1v) is 9.36. The number of fused-ring (bicyclic) bond motifs is 2. The molecule has 2 aromatic carbocycles. The molecule has 0 fully saturated rings. The Kier molecular flexibility index (Phi) is 4.55. The SMILES string of the molecule is COc1ccc2[nH]c(C(=O)NCCc3nc4cc(C)c(C)cc4[nH]3)c(C)c2c1. The zero-order valence-electron chi connectivity index (χ0n) is 16.6. The third kappa shape index (κ3) is 3.22. The highest BCUT2D eigenvalue weighted by atomic mass is 16.5. The largest absolute Gasteiger partial charge is 0.497 e. The van der Waals surface area contributed by atoms with Gasteiger partial charge in [0, 0.05) is 23.9 Å². The minimum atomic E-state index is -0.115. The zero-order valence-corrected chi connectivity index (χ0v) is 16.6. The summed E-state index contributed by atoms with van der Waals surface area (Å²) in [5.41, 5.74) is 6.88. The Bertz CT molecular complexity index is 1150. The monoisotopic (exact) mass is 376 g/mol. The van der Waals surface area contributed by atoms with Crippen molar-refractivity contribution in [1.82, 2.24) is 20.3 Å². The van der Waals surface area contributed by atoms with E-state index in [0.29, 0.717) is 18.7 Å². The van der Waals surface area contributed by atoms with Crippen LogP contribution in [0.1, 0.15) is 33.0 Å². The third-order valence-electron chi connectivity index (χ3n) is 5.29. The van der Waals surface area contributed by atoms with E-state index >= 15 is 0 Å². The van der Waals surface area contributed by atoms with E-state index in [1.807, 2.05) is 25.1 Å². The van der Waals surface area contributed by atoms with Gasteiger partial charge in [0.15, 0.2) is 0 Å². The maximum Gasteiger partial charge on any atom is 0.268 e. The first kappa shape index (κ1) is 18.1. The van der Waals surface area contributed by atoms with Crippen molar-refractivity contribution in [3.05, 3.63) is 58.5 Å². The molecule has 0 aliphatic heterocycles. The van der Waals surface area contributed by atoms with Crippen molar-refractivity contribution in [1.29, 1.82) is 0 Å². The van der Waals surface area contributed by atoms with E-state index in [-0.39, 0.29) is 5.91 Å². The Balaban J connectivity index is 1.46. The number of aryl methyl sites for hydroxylation is 3. The molecule has 6 nitrogen and oxygen atoms in total. The first-order chi connectivity index (χ1) is 13.5. The minimum Gasteiger partial charge on any atom is -0.497 e. The maximum absolute atomic E-state index is 12.6. The third-order valence-corrected chi connectivity index (χ3v) is 5.29. The average Bonchev–Trinajstić information content (AvgIpc) is 3.22. The van der Waals surface area contributed by atoms with Gasteiger partial charge in [0.05, 0.1) is 18.1 Å². The number of hydrogen-bond acceptors (Lipinski definition) is 3. The number of carbonyl (C=O) groups is 1. The quantitative estimate of drug-likeness (QED) is 0.493. The lowest BCUT2D eigenvalue weighted by molar-refractivity contribution is 0.0949. The molecule has 0 bridgehead atoms. The molecule has 3 N–H and O–H groups in total. The smallest absolute Gasteiger partial charge is 0.268 e. The van der Waals surface area contributed by atoms with Crippen molar-refractivity contribution in [2.45, 2.75) is 27.2 Å². The highest BCUT2D eigenvalue weighted by molar-refractivity contribution is 6.01. The lowest BCUT2D eigenvalue weighted by Gasteiger charge is -2.03. The van der Waals surface area contributed by atoms with Gasteiger partial charge in [0.1, 0.15) is 17.3 Å². The van der Waals surface area contributed by atoms with Crippen molar-refractivity contribution < 1.29 is 9.53 Å². The molecule has 0 saturated heterocycles. The lowest BCUT2D eigenvalue weighted by atomic mass is 10.1. The molecular formula is C22H24N4O2. The summed E-state index contributed by atoms with van der Waals surface area (Å²) in [4.78, 5) is 23.8. The van der Waals surface area contributed by atoms with Crippen LogP contribution in [0.4, 0.5) is 0 Å². The van der Waals surface area contributed by atoms with Gasteiger partial charge in [0.2, 0.25) is 0 Å². The number of aromatic nitrogens is 3. The molecule has 0 spiro atoms. The molecule has 0 unspecified atom stereocenters. The van der Waals surface area contributed by atoms with Gasteiger partial charge in [-0.15, -0.1) is 0 Å². The number of hydrogen-bond donors (Lipinski definition) is 3. The van der Waals surface area contributed by atoms with E-state index in [1.165, 1.54) is 11.1 Å². The highest BCUT2D eigenvalue weighted by Gasteiger charge is 2.15. The van der Waals surface area contributed by atoms with Crippen molar-refractivity contribution in [3.63, 3.8) is 0 Å². The number of rotatable bonds is 5. The molecule has 6 heteroatoms. The molecule has 1 amide bonds. The summed E-state index contributed by atoms with van der Waals surface area (Å²) in [6.07, 6.45) is 0.644. The van der Waals surface area contributed by atoms with E-state index in [2.05, 4.69) is 46.2 Å². The summed E-state index contributed by atoms with van der Waals surface area (Å²) < 4.78 is 5.28. The molecule has 0 aliphatic carbocycles. The predicted octanol–water partition coefficient (Wildman–Crippen LogP) is 3.95. The van der Waals surface area contributed by atoms with Crippen LogP contribution in [0.15, 0.2) is 30.3 Å². The number of methoxy groups -OCH3 is 1. The number of amides is 1. The number of nitrogens with one attached hydrogen (secondary N) is 3. The number of benzene rings is 2. The second-order valence-electron chi connectivity index (χ2n) is 7.18. The summed E-state index contributed by atoms with van der Waals surface area (Å²) in [6.45, 7) is 6.63. The molecule has 144 valence electrons. The maximum atomic E-state index is 12.6. The van der Waals surface area contributed by atoms with Crippen molar-refractivity contribution in [2.75, 3.05) is 13.7 Å². The Morgan fingerprint density at radius 3 is 2.64 bits per heavy atom. The van der Waals surface area contributed by atoms with Gasteiger partial charge in [-0.1, -0.05) is 0 Å². The second-order valence-corrected chi connectivity index (χ2v) is 7.18. The van der Waals surface area contributed by atoms with Crippen LogP contribution in [0, 0.1) is 20.8 Å². The summed E-state index contributed by atoms with van der Waals surface area (Å²) in [6, 6.07) is 9.95. The van der Waals surface area contributed by atoms with Crippen LogP contribution in [0.5, 0.6) is 5.75 Å². The fourth-order valence-electron chi connectivity index (χ4n) is 3.48. The van der Waals surface area contributed by atoms with Gasteiger partial charge >= 0.3 is 0 Å². The second kappa shape index (κ2) is 7.03. The van der Waals surface area contributed by atoms with E-state index in [9.17, 15) is 4.79 Å². The number of carbonyl (C=O) groups excluding carboxylic acids is 1. The molecule has 4 rings (SSSR count). The Morgan fingerprint density at radius 2 is 1.86 bits per heavy atom. The minimum absolute atomic E-state index is 0.115.